The molecule has 0 unspecified atom stereocenters. The number of benzene rings is 1. The molecule has 2 aromatic heterocycles. The summed E-state index contributed by atoms with van der Waals surface area (Å²) >= 11 is 0. The van der Waals surface area contributed by atoms with E-state index in [-0.39, 0.29) is 0 Å². The highest BCUT2D eigenvalue weighted by Crippen LogP contribution is 2.28. The summed E-state index contributed by atoms with van der Waals surface area (Å²) in [5.74, 6) is -0.430. The number of anilines is 1. The van der Waals surface area contributed by atoms with E-state index in [0.717, 1.165) is 22.3 Å². The zero-order valence-corrected chi connectivity index (χ0v) is 11.0. The summed E-state index contributed by atoms with van der Waals surface area (Å²) in [6.07, 6.45) is 5.47. The zero-order chi connectivity index (χ0) is 14.3. The number of fused-ring (bicyclic) bond motifs is 1. The third-order valence-electron chi connectivity index (χ3n) is 3.43. The minimum absolute atomic E-state index is 0.430. The van der Waals surface area contributed by atoms with Crippen LogP contribution in [0.2, 0.25) is 0 Å². The third-order valence-corrected chi connectivity index (χ3v) is 3.43. The molecule has 0 radical (unpaired) electrons. The van der Waals surface area contributed by atoms with E-state index >= 15 is 0 Å². The Kier molecular flexibility index (Phi) is 2.68. The SMILES string of the molecule is Cc1c(C(N)=O)cccc1-c1cc(N)c2nccn2c1. The predicted octanol–water partition coefficient (Wildman–Crippen LogP) is 1.99. The molecule has 0 atom stereocenters. The molecular formula is C15H14N4O. The van der Waals surface area contributed by atoms with Crippen LogP contribution >= 0.6 is 0 Å². The van der Waals surface area contributed by atoms with Crippen LogP contribution in [0.25, 0.3) is 16.8 Å². The molecule has 0 bridgehead atoms. The topological polar surface area (TPSA) is 86.4 Å². The number of carbonyl (C=O) groups is 1. The van der Waals surface area contributed by atoms with E-state index in [1.165, 1.54) is 0 Å². The number of amides is 1. The fourth-order valence-corrected chi connectivity index (χ4v) is 2.42. The normalized spacial score (nSPS) is 10.8. The fourth-order valence-electron chi connectivity index (χ4n) is 2.42. The average molecular weight is 266 g/mol. The Morgan fingerprint density at radius 1 is 1.35 bits per heavy atom. The van der Waals surface area contributed by atoms with Gasteiger partial charge in [-0.05, 0) is 30.2 Å². The highest BCUT2D eigenvalue weighted by atomic mass is 16.1. The summed E-state index contributed by atoms with van der Waals surface area (Å²) in [5, 5.41) is 0. The molecule has 0 aliphatic heterocycles. The van der Waals surface area contributed by atoms with Crippen LogP contribution in [-0.4, -0.2) is 15.3 Å². The number of nitrogens with two attached hydrogens (primary N) is 2. The lowest BCUT2D eigenvalue weighted by Gasteiger charge is -2.11. The number of nitrogen functional groups attached to an aromatic ring is 1. The van der Waals surface area contributed by atoms with E-state index in [2.05, 4.69) is 4.98 Å². The second-order valence-electron chi connectivity index (χ2n) is 4.68. The van der Waals surface area contributed by atoms with Crippen molar-refractivity contribution >= 4 is 17.2 Å². The Balaban J connectivity index is 2.25. The Morgan fingerprint density at radius 3 is 2.90 bits per heavy atom. The Labute approximate surface area is 115 Å². The van der Waals surface area contributed by atoms with Gasteiger partial charge in [-0.15, -0.1) is 0 Å². The summed E-state index contributed by atoms with van der Waals surface area (Å²) in [6.45, 7) is 1.88. The molecule has 1 aromatic carbocycles. The molecule has 5 nitrogen and oxygen atoms in total. The van der Waals surface area contributed by atoms with Gasteiger partial charge in [0.05, 0.1) is 5.69 Å². The molecule has 0 saturated carbocycles. The van der Waals surface area contributed by atoms with Crippen LogP contribution in [0.3, 0.4) is 0 Å². The summed E-state index contributed by atoms with van der Waals surface area (Å²) in [7, 11) is 0. The molecule has 100 valence electrons. The van der Waals surface area contributed by atoms with E-state index in [4.69, 9.17) is 11.5 Å². The van der Waals surface area contributed by atoms with E-state index in [1.54, 1.807) is 12.3 Å². The smallest absolute Gasteiger partial charge is 0.248 e. The van der Waals surface area contributed by atoms with Gasteiger partial charge in [0, 0.05) is 29.7 Å². The number of hydrogen-bond donors (Lipinski definition) is 2. The van der Waals surface area contributed by atoms with E-state index in [0.29, 0.717) is 11.3 Å². The zero-order valence-electron chi connectivity index (χ0n) is 11.0. The van der Waals surface area contributed by atoms with Gasteiger partial charge >= 0.3 is 0 Å². The van der Waals surface area contributed by atoms with Crippen molar-refractivity contribution in [3.05, 3.63) is 54.0 Å². The number of nitrogens with zero attached hydrogens (tertiary/aromatic N) is 2. The number of primary amides is 1. The first-order chi connectivity index (χ1) is 9.58. The number of imidazole rings is 1. The van der Waals surface area contributed by atoms with Crippen LogP contribution in [0.15, 0.2) is 42.9 Å². The van der Waals surface area contributed by atoms with Crippen molar-refractivity contribution in [2.75, 3.05) is 5.73 Å². The van der Waals surface area contributed by atoms with E-state index < -0.39 is 5.91 Å². The molecule has 4 N–H and O–H groups in total. The molecule has 3 rings (SSSR count). The van der Waals surface area contributed by atoms with Gasteiger partial charge in [-0.25, -0.2) is 4.98 Å². The highest BCUT2D eigenvalue weighted by molar-refractivity contribution is 5.96. The largest absolute Gasteiger partial charge is 0.396 e. The Bertz CT molecular complexity index is 820. The molecule has 1 amide bonds. The van der Waals surface area contributed by atoms with Crippen molar-refractivity contribution in [2.24, 2.45) is 5.73 Å². The molecule has 5 heteroatoms. The van der Waals surface area contributed by atoms with Gasteiger partial charge in [0.25, 0.3) is 0 Å². The standard InChI is InChI=1S/C15H14N4O/c1-9-11(3-2-4-12(9)14(17)20)10-7-13(16)15-18-5-6-19(15)8-10/h2-8H,16H2,1H3,(H2,17,20). The molecule has 3 aromatic rings. The minimum atomic E-state index is -0.430. The molecule has 0 aliphatic rings. The monoisotopic (exact) mass is 266 g/mol. The van der Waals surface area contributed by atoms with Gasteiger partial charge in [-0.3, -0.25) is 4.79 Å². The van der Waals surface area contributed by atoms with Gasteiger partial charge in [0.2, 0.25) is 5.91 Å². The van der Waals surface area contributed by atoms with Crippen LogP contribution in [0, 0.1) is 6.92 Å². The maximum Gasteiger partial charge on any atom is 0.248 e. The van der Waals surface area contributed by atoms with Crippen LogP contribution in [0.4, 0.5) is 5.69 Å². The van der Waals surface area contributed by atoms with Gasteiger partial charge in [0.1, 0.15) is 0 Å². The summed E-state index contributed by atoms with van der Waals surface area (Å²) < 4.78 is 1.86. The maximum absolute atomic E-state index is 11.4. The Morgan fingerprint density at radius 2 is 2.15 bits per heavy atom. The van der Waals surface area contributed by atoms with Crippen molar-refractivity contribution < 1.29 is 4.79 Å². The number of rotatable bonds is 2. The van der Waals surface area contributed by atoms with Crippen molar-refractivity contribution in [2.45, 2.75) is 6.92 Å². The lowest BCUT2D eigenvalue weighted by atomic mass is 9.97. The molecule has 2 heterocycles. The van der Waals surface area contributed by atoms with Crippen LogP contribution in [-0.2, 0) is 0 Å². The number of pyridine rings is 1. The van der Waals surface area contributed by atoms with Crippen molar-refractivity contribution in [3.8, 4) is 11.1 Å². The van der Waals surface area contributed by atoms with Gasteiger partial charge < -0.3 is 15.9 Å². The fraction of sp³-hybridized carbons (Fsp3) is 0.0667. The van der Waals surface area contributed by atoms with E-state index in [1.807, 2.05) is 41.9 Å². The van der Waals surface area contributed by atoms with Crippen LogP contribution < -0.4 is 11.5 Å². The number of carbonyl (C=O) groups excluding carboxylic acids is 1. The average Bonchev–Trinajstić information content (AvgIpc) is 2.87. The second-order valence-corrected chi connectivity index (χ2v) is 4.68. The first kappa shape index (κ1) is 12.2. The number of hydrogen-bond acceptors (Lipinski definition) is 3. The first-order valence-electron chi connectivity index (χ1n) is 6.20. The van der Waals surface area contributed by atoms with Crippen molar-refractivity contribution in [1.29, 1.82) is 0 Å². The molecule has 20 heavy (non-hydrogen) atoms. The van der Waals surface area contributed by atoms with Gasteiger partial charge in [-0.1, -0.05) is 12.1 Å². The first-order valence-corrected chi connectivity index (χ1v) is 6.20. The molecule has 0 aliphatic carbocycles. The Hall–Kier alpha value is -2.82. The lowest BCUT2D eigenvalue weighted by molar-refractivity contribution is 0.1000. The molecule has 0 spiro atoms. The van der Waals surface area contributed by atoms with E-state index in [9.17, 15) is 4.79 Å². The predicted molar refractivity (Wildman–Crippen MR) is 78.3 cm³/mol. The number of aromatic nitrogens is 2. The van der Waals surface area contributed by atoms with Gasteiger partial charge in [0.15, 0.2) is 5.65 Å². The maximum atomic E-state index is 11.4. The van der Waals surface area contributed by atoms with Gasteiger partial charge in [-0.2, -0.15) is 0 Å². The summed E-state index contributed by atoms with van der Waals surface area (Å²) in [4.78, 5) is 15.6. The van der Waals surface area contributed by atoms with Crippen LogP contribution in [0.1, 0.15) is 15.9 Å². The minimum Gasteiger partial charge on any atom is -0.396 e. The van der Waals surface area contributed by atoms with Crippen molar-refractivity contribution in [3.63, 3.8) is 0 Å². The molecular weight excluding hydrogens is 252 g/mol. The summed E-state index contributed by atoms with van der Waals surface area (Å²) in [5.41, 5.74) is 15.9. The summed E-state index contributed by atoms with van der Waals surface area (Å²) in [6, 6.07) is 7.34. The third kappa shape index (κ3) is 1.80. The van der Waals surface area contributed by atoms with Crippen molar-refractivity contribution in [1.82, 2.24) is 9.38 Å². The quantitative estimate of drug-likeness (QED) is 0.743. The second kappa shape index (κ2) is 4.38. The van der Waals surface area contributed by atoms with Crippen LogP contribution in [0.5, 0.6) is 0 Å². The lowest BCUT2D eigenvalue weighted by Crippen LogP contribution is -2.13. The molecule has 0 saturated heterocycles. The highest BCUT2D eigenvalue weighted by Gasteiger charge is 2.11. The molecule has 0 fully saturated rings.